The second-order valence-corrected chi connectivity index (χ2v) is 6.11. The van der Waals surface area contributed by atoms with Crippen molar-refractivity contribution in [2.24, 2.45) is 0 Å². The van der Waals surface area contributed by atoms with Crippen LogP contribution in [0.25, 0.3) is 5.69 Å². The van der Waals surface area contributed by atoms with Crippen molar-refractivity contribution >= 4 is 17.3 Å². The lowest BCUT2D eigenvalue weighted by Gasteiger charge is -2.11. The Hall–Kier alpha value is -3.72. The predicted molar refractivity (Wildman–Crippen MR) is 106 cm³/mol. The summed E-state index contributed by atoms with van der Waals surface area (Å²) in [6.45, 7) is 0.856. The molecule has 1 heterocycles. The average Bonchev–Trinajstić information content (AvgIpc) is 3.22. The van der Waals surface area contributed by atoms with Crippen LogP contribution in [0.1, 0.15) is 15.9 Å². The van der Waals surface area contributed by atoms with Crippen LogP contribution in [0.3, 0.4) is 0 Å². The van der Waals surface area contributed by atoms with Gasteiger partial charge in [0.2, 0.25) is 0 Å². The van der Waals surface area contributed by atoms with Gasteiger partial charge in [-0.15, -0.1) is 0 Å². The first kappa shape index (κ1) is 20.0. The van der Waals surface area contributed by atoms with E-state index in [1.807, 2.05) is 30.3 Å². The van der Waals surface area contributed by atoms with Gasteiger partial charge in [-0.2, -0.15) is 5.10 Å². The van der Waals surface area contributed by atoms with Gasteiger partial charge in [-0.3, -0.25) is 10.1 Å². The molecule has 9 heteroatoms. The first-order valence-corrected chi connectivity index (χ1v) is 8.86. The molecule has 0 saturated carbocycles. The summed E-state index contributed by atoms with van der Waals surface area (Å²) in [5.41, 5.74) is 1.92. The molecule has 1 aromatic heterocycles. The molecule has 2 aromatic carbocycles. The number of aromatic nitrogens is 2. The molecular formula is C20H20N4O5. The summed E-state index contributed by atoms with van der Waals surface area (Å²) in [6, 6.07) is 13.5. The second kappa shape index (κ2) is 9.47. The highest BCUT2D eigenvalue weighted by Crippen LogP contribution is 2.23. The van der Waals surface area contributed by atoms with Crippen LogP contribution in [-0.4, -0.2) is 40.9 Å². The third-order valence-electron chi connectivity index (χ3n) is 4.08. The summed E-state index contributed by atoms with van der Waals surface area (Å²) in [4.78, 5) is 23.1. The van der Waals surface area contributed by atoms with E-state index in [0.29, 0.717) is 24.4 Å². The Labute approximate surface area is 167 Å². The molecule has 0 saturated heterocycles. The van der Waals surface area contributed by atoms with Crippen LogP contribution in [0.5, 0.6) is 0 Å². The Bertz CT molecular complexity index is 988. The van der Waals surface area contributed by atoms with Crippen molar-refractivity contribution in [3.8, 4) is 5.69 Å². The minimum Gasteiger partial charge on any atom is -0.457 e. The van der Waals surface area contributed by atoms with Gasteiger partial charge < -0.3 is 14.8 Å². The largest absolute Gasteiger partial charge is 0.457 e. The first-order chi connectivity index (χ1) is 14.1. The summed E-state index contributed by atoms with van der Waals surface area (Å²) < 4.78 is 12.0. The van der Waals surface area contributed by atoms with E-state index in [-0.39, 0.29) is 17.9 Å². The molecular weight excluding hydrogens is 376 g/mol. The van der Waals surface area contributed by atoms with E-state index in [2.05, 4.69) is 10.4 Å². The molecule has 29 heavy (non-hydrogen) atoms. The molecule has 150 valence electrons. The number of ether oxygens (including phenoxy) is 2. The number of hydrogen-bond donors (Lipinski definition) is 1. The molecule has 0 aliphatic rings. The van der Waals surface area contributed by atoms with E-state index in [1.165, 1.54) is 18.2 Å². The molecule has 9 nitrogen and oxygen atoms in total. The summed E-state index contributed by atoms with van der Waals surface area (Å²) >= 11 is 0. The molecule has 0 fully saturated rings. The summed E-state index contributed by atoms with van der Waals surface area (Å²) in [5.74, 6) is -0.666. The lowest BCUT2D eigenvalue weighted by atomic mass is 10.1. The molecule has 0 spiro atoms. The predicted octanol–water partition coefficient (Wildman–Crippen LogP) is 3.20. The Morgan fingerprint density at radius 2 is 2.03 bits per heavy atom. The number of carbonyl (C=O) groups excluding carboxylic acids is 1. The Morgan fingerprint density at radius 1 is 1.24 bits per heavy atom. The van der Waals surface area contributed by atoms with Gasteiger partial charge in [0.05, 0.1) is 29.0 Å². The minimum absolute atomic E-state index is 0.00807. The van der Waals surface area contributed by atoms with Crippen molar-refractivity contribution in [1.82, 2.24) is 9.78 Å². The Morgan fingerprint density at radius 3 is 2.76 bits per heavy atom. The number of benzene rings is 2. The highest BCUT2D eigenvalue weighted by atomic mass is 16.6. The summed E-state index contributed by atoms with van der Waals surface area (Å²) in [6.07, 6.45) is 3.36. The Balaban J connectivity index is 1.71. The topological polar surface area (TPSA) is 109 Å². The molecule has 0 aliphatic carbocycles. The van der Waals surface area contributed by atoms with Crippen LogP contribution in [0.15, 0.2) is 60.9 Å². The molecule has 0 amide bonds. The number of nitrogens with one attached hydrogen (secondary N) is 1. The lowest BCUT2D eigenvalue weighted by molar-refractivity contribution is -0.384. The van der Waals surface area contributed by atoms with Gasteiger partial charge in [0.25, 0.3) is 5.69 Å². The number of anilines is 1. The van der Waals surface area contributed by atoms with Crippen LogP contribution in [0, 0.1) is 10.1 Å². The van der Waals surface area contributed by atoms with Gasteiger partial charge in [-0.1, -0.05) is 18.2 Å². The molecule has 3 aromatic rings. The summed E-state index contributed by atoms with van der Waals surface area (Å²) in [7, 11) is 1.56. The maximum atomic E-state index is 12.6. The van der Waals surface area contributed by atoms with Crippen molar-refractivity contribution in [3.63, 3.8) is 0 Å². The number of carbonyl (C=O) groups is 1. The van der Waals surface area contributed by atoms with Gasteiger partial charge in [0.15, 0.2) is 0 Å². The normalized spacial score (nSPS) is 10.5. The molecule has 1 N–H and O–H groups in total. The Kier molecular flexibility index (Phi) is 6.54. The maximum Gasteiger partial charge on any atom is 0.340 e. The van der Waals surface area contributed by atoms with Gasteiger partial charge in [-0.25, -0.2) is 9.48 Å². The van der Waals surface area contributed by atoms with Gasteiger partial charge >= 0.3 is 5.97 Å². The summed E-state index contributed by atoms with van der Waals surface area (Å²) in [5, 5.41) is 18.3. The standard InChI is InChI=1S/C20H20N4O5/c1-28-10-9-21-19-8-7-17(24(26)27)11-18(19)20(25)29-14-15-12-22-23(13-15)16-5-3-2-4-6-16/h2-8,11-13,21H,9-10,14H2,1H3. The fraction of sp³-hybridized carbons (Fsp3) is 0.200. The monoisotopic (exact) mass is 396 g/mol. The van der Waals surface area contributed by atoms with E-state index in [1.54, 1.807) is 24.2 Å². The first-order valence-electron chi connectivity index (χ1n) is 8.86. The number of methoxy groups -OCH3 is 1. The highest BCUT2D eigenvalue weighted by Gasteiger charge is 2.18. The number of nitro groups is 1. The second-order valence-electron chi connectivity index (χ2n) is 6.11. The van der Waals surface area contributed by atoms with Crippen LogP contribution in [0.4, 0.5) is 11.4 Å². The number of para-hydroxylation sites is 1. The number of esters is 1. The minimum atomic E-state index is -0.666. The molecule has 0 atom stereocenters. The van der Waals surface area contributed by atoms with E-state index >= 15 is 0 Å². The van der Waals surface area contributed by atoms with E-state index in [4.69, 9.17) is 9.47 Å². The van der Waals surface area contributed by atoms with Crippen LogP contribution < -0.4 is 5.32 Å². The van der Waals surface area contributed by atoms with Crippen molar-refractivity contribution < 1.29 is 19.2 Å². The number of nitrogens with zero attached hydrogens (tertiary/aromatic N) is 3. The number of rotatable bonds is 9. The van der Waals surface area contributed by atoms with Gasteiger partial charge in [0.1, 0.15) is 6.61 Å². The van der Waals surface area contributed by atoms with Gasteiger partial charge in [0, 0.05) is 43.2 Å². The SMILES string of the molecule is COCCNc1ccc([N+](=O)[O-])cc1C(=O)OCc1cnn(-c2ccccc2)c1. The zero-order valence-corrected chi connectivity index (χ0v) is 15.8. The van der Waals surface area contributed by atoms with Crippen LogP contribution >= 0.6 is 0 Å². The number of non-ortho nitro benzene ring substituents is 1. The molecule has 0 unspecified atom stereocenters. The highest BCUT2D eigenvalue weighted by molar-refractivity contribution is 5.96. The average molecular weight is 396 g/mol. The van der Waals surface area contributed by atoms with Crippen LogP contribution in [-0.2, 0) is 16.1 Å². The van der Waals surface area contributed by atoms with E-state index in [9.17, 15) is 14.9 Å². The number of nitro benzene ring substituents is 1. The molecule has 0 radical (unpaired) electrons. The van der Waals surface area contributed by atoms with Crippen LogP contribution in [0.2, 0.25) is 0 Å². The fourth-order valence-electron chi connectivity index (χ4n) is 2.64. The van der Waals surface area contributed by atoms with E-state index in [0.717, 1.165) is 5.69 Å². The van der Waals surface area contributed by atoms with E-state index < -0.39 is 10.9 Å². The molecule has 3 rings (SSSR count). The molecule has 0 aliphatic heterocycles. The molecule has 0 bridgehead atoms. The maximum absolute atomic E-state index is 12.6. The van der Waals surface area contributed by atoms with Gasteiger partial charge in [-0.05, 0) is 18.2 Å². The lowest BCUT2D eigenvalue weighted by Crippen LogP contribution is -2.13. The zero-order chi connectivity index (χ0) is 20.6. The third-order valence-corrected chi connectivity index (χ3v) is 4.08. The smallest absolute Gasteiger partial charge is 0.340 e. The third kappa shape index (κ3) is 5.17. The zero-order valence-electron chi connectivity index (χ0n) is 15.8. The van der Waals surface area contributed by atoms with Crippen molar-refractivity contribution in [2.75, 3.05) is 25.6 Å². The number of hydrogen-bond acceptors (Lipinski definition) is 7. The fourth-order valence-corrected chi connectivity index (χ4v) is 2.64. The van der Waals surface area contributed by atoms with Crippen molar-refractivity contribution in [3.05, 3.63) is 82.2 Å². The quantitative estimate of drug-likeness (QED) is 0.256. The van der Waals surface area contributed by atoms with Crippen molar-refractivity contribution in [1.29, 1.82) is 0 Å². The van der Waals surface area contributed by atoms with Crippen molar-refractivity contribution in [2.45, 2.75) is 6.61 Å².